The highest BCUT2D eigenvalue weighted by atomic mass is 16.7. The Morgan fingerprint density at radius 2 is 1.88 bits per heavy atom. The topological polar surface area (TPSA) is 59.2 Å². The number of ether oxygens (including phenoxy) is 2. The van der Waals surface area contributed by atoms with Gasteiger partial charge in [0.25, 0.3) is 0 Å². The van der Waals surface area contributed by atoms with E-state index in [0.29, 0.717) is 0 Å². The number of aromatic nitrogens is 2. The highest BCUT2D eigenvalue weighted by molar-refractivity contribution is 6.01. The van der Waals surface area contributed by atoms with Gasteiger partial charge in [-0.3, -0.25) is 0 Å². The molecule has 4 aromatic rings. The van der Waals surface area contributed by atoms with Crippen LogP contribution in [-0.2, 0) is 0 Å². The molecular weight excluding hydrogens is 326 g/mol. The van der Waals surface area contributed by atoms with Crippen molar-refractivity contribution in [3.05, 3.63) is 72.1 Å². The Morgan fingerprint density at radius 1 is 0.962 bits per heavy atom. The highest BCUT2D eigenvalue weighted by Crippen LogP contribution is 2.44. The third-order valence-electron chi connectivity index (χ3n) is 5.16. The Morgan fingerprint density at radius 3 is 2.88 bits per heavy atom. The minimum absolute atomic E-state index is 0.00940. The number of H-pyrrole nitrogens is 1. The number of nitrogens with one attached hydrogen (secondary N) is 2. The van der Waals surface area contributed by atoms with Crippen LogP contribution in [0.25, 0.3) is 22.2 Å². The number of hydrogen-bond acceptors (Lipinski definition) is 4. The molecule has 26 heavy (non-hydrogen) atoms. The maximum absolute atomic E-state index is 5.58. The molecule has 2 aromatic carbocycles. The number of fused-ring (bicyclic) bond motifs is 3. The molecule has 0 aliphatic carbocycles. The molecule has 0 spiro atoms. The van der Waals surface area contributed by atoms with E-state index < -0.39 is 0 Å². The fourth-order valence-electron chi connectivity index (χ4n) is 3.97. The molecular formula is C21H15N3O2. The molecule has 2 aliphatic heterocycles. The van der Waals surface area contributed by atoms with Crippen LogP contribution < -0.4 is 14.8 Å². The van der Waals surface area contributed by atoms with Gasteiger partial charge in [-0.2, -0.15) is 0 Å². The van der Waals surface area contributed by atoms with E-state index in [4.69, 9.17) is 9.47 Å². The lowest BCUT2D eigenvalue weighted by atomic mass is 9.97. The van der Waals surface area contributed by atoms with Crippen LogP contribution >= 0.6 is 0 Å². The van der Waals surface area contributed by atoms with Crippen molar-refractivity contribution in [3.8, 4) is 22.6 Å². The van der Waals surface area contributed by atoms with Crippen LogP contribution in [0.3, 0.4) is 0 Å². The van der Waals surface area contributed by atoms with Crippen LogP contribution in [0.5, 0.6) is 11.5 Å². The lowest BCUT2D eigenvalue weighted by Crippen LogP contribution is -2.11. The quantitative estimate of drug-likeness (QED) is 0.536. The van der Waals surface area contributed by atoms with E-state index in [1.807, 2.05) is 12.3 Å². The Kier molecular flexibility index (Phi) is 2.66. The van der Waals surface area contributed by atoms with E-state index in [2.05, 4.69) is 63.9 Å². The molecule has 1 unspecified atom stereocenters. The normalized spacial score (nSPS) is 16.8. The summed E-state index contributed by atoms with van der Waals surface area (Å²) in [5.41, 5.74) is 6.70. The van der Waals surface area contributed by atoms with E-state index in [-0.39, 0.29) is 12.8 Å². The Labute approximate surface area is 149 Å². The molecule has 4 heterocycles. The Balaban J connectivity index is 1.63. The van der Waals surface area contributed by atoms with Gasteiger partial charge in [-0.05, 0) is 35.4 Å². The Hall–Kier alpha value is -3.47. The van der Waals surface area contributed by atoms with Gasteiger partial charge >= 0.3 is 0 Å². The summed E-state index contributed by atoms with van der Waals surface area (Å²) >= 11 is 0. The van der Waals surface area contributed by atoms with Crippen LogP contribution in [0.4, 0.5) is 5.69 Å². The van der Waals surface area contributed by atoms with Gasteiger partial charge in [-0.25, -0.2) is 4.98 Å². The van der Waals surface area contributed by atoms with Gasteiger partial charge in [0.15, 0.2) is 11.5 Å². The molecule has 2 aliphatic rings. The first-order chi connectivity index (χ1) is 12.9. The average molecular weight is 341 g/mol. The largest absolute Gasteiger partial charge is 0.454 e. The maximum Gasteiger partial charge on any atom is 0.231 e. The second kappa shape index (κ2) is 5.02. The highest BCUT2D eigenvalue weighted by Gasteiger charge is 2.27. The van der Waals surface area contributed by atoms with Crippen molar-refractivity contribution >= 4 is 16.7 Å². The van der Waals surface area contributed by atoms with Gasteiger partial charge in [0.05, 0.1) is 6.04 Å². The standard InChI is InChI=1S/C21H15N3O2/c1-2-4-16-13(3-1)14-7-8-22-21-19(14)15(10-23-21)20(24-16)12-5-6-17-18(9-12)26-11-25-17/h1-10,20,24H,11H2,(H,22,23). The van der Waals surface area contributed by atoms with Crippen molar-refractivity contribution in [3.63, 3.8) is 0 Å². The molecule has 0 saturated carbocycles. The minimum Gasteiger partial charge on any atom is -0.454 e. The van der Waals surface area contributed by atoms with Crippen LogP contribution in [0, 0.1) is 0 Å². The number of anilines is 1. The zero-order valence-corrected chi connectivity index (χ0v) is 13.8. The number of aromatic amines is 1. The first kappa shape index (κ1) is 13.8. The van der Waals surface area contributed by atoms with Crippen molar-refractivity contribution in [2.75, 3.05) is 12.1 Å². The summed E-state index contributed by atoms with van der Waals surface area (Å²) in [6, 6.07) is 16.6. The number of pyridine rings is 1. The van der Waals surface area contributed by atoms with Gasteiger partial charge in [-0.15, -0.1) is 0 Å². The fraction of sp³-hybridized carbons (Fsp3) is 0.0952. The molecule has 0 bridgehead atoms. The lowest BCUT2D eigenvalue weighted by Gasteiger charge is -2.19. The zero-order valence-electron chi connectivity index (χ0n) is 13.8. The summed E-state index contributed by atoms with van der Waals surface area (Å²) in [5, 5.41) is 4.88. The second-order valence-corrected chi connectivity index (χ2v) is 6.56. The first-order valence-electron chi connectivity index (χ1n) is 8.60. The van der Waals surface area contributed by atoms with Crippen LogP contribution in [-0.4, -0.2) is 16.8 Å². The molecule has 6 rings (SSSR count). The van der Waals surface area contributed by atoms with Gasteiger partial charge in [0.2, 0.25) is 6.79 Å². The fourth-order valence-corrected chi connectivity index (χ4v) is 3.97. The third-order valence-corrected chi connectivity index (χ3v) is 5.16. The molecule has 0 saturated heterocycles. The molecule has 2 aromatic heterocycles. The summed E-state index contributed by atoms with van der Waals surface area (Å²) in [4.78, 5) is 7.84. The maximum atomic E-state index is 5.58. The number of para-hydroxylation sites is 1. The van der Waals surface area contributed by atoms with E-state index >= 15 is 0 Å². The van der Waals surface area contributed by atoms with Crippen molar-refractivity contribution in [1.82, 2.24) is 9.97 Å². The minimum atomic E-state index is -0.00940. The average Bonchev–Trinajstić information content (AvgIpc) is 3.29. The van der Waals surface area contributed by atoms with E-state index in [1.54, 1.807) is 0 Å². The molecule has 0 amide bonds. The first-order valence-corrected chi connectivity index (χ1v) is 8.60. The predicted molar refractivity (Wildman–Crippen MR) is 99.6 cm³/mol. The SMILES string of the molecule is c1ccc2c(c1)NC(c1ccc3c(c1)OCO3)c1c[nH]c3nccc-2c13. The molecule has 0 fully saturated rings. The number of rotatable bonds is 1. The van der Waals surface area contributed by atoms with Gasteiger partial charge in [0, 0.05) is 34.6 Å². The summed E-state index contributed by atoms with van der Waals surface area (Å²) in [6.45, 7) is 0.279. The van der Waals surface area contributed by atoms with Gasteiger partial charge in [0.1, 0.15) is 5.65 Å². The lowest BCUT2D eigenvalue weighted by molar-refractivity contribution is 0.174. The van der Waals surface area contributed by atoms with Crippen molar-refractivity contribution in [2.45, 2.75) is 6.04 Å². The molecule has 126 valence electrons. The molecule has 2 N–H and O–H groups in total. The third kappa shape index (κ3) is 1.82. The van der Waals surface area contributed by atoms with E-state index in [9.17, 15) is 0 Å². The van der Waals surface area contributed by atoms with Gasteiger partial charge < -0.3 is 19.8 Å². The van der Waals surface area contributed by atoms with Crippen LogP contribution in [0.15, 0.2) is 60.9 Å². The summed E-state index contributed by atoms with van der Waals surface area (Å²) < 4.78 is 11.0. The predicted octanol–water partition coefficient (Wildman–Crippen LogP) is 4.47. The smallest absolute Gasteiger partial charge is 0.231 e. The summed E-state index contributed by atoms with van der Waals surface area (Å²) in [6.07, 6.45) is 3.91. The van der Waals surface area contributed by atoms with Crippen molar-refractivity contribution in [2.24, 2.45) is 0 Å². The number of benzene rings is 2. The number of nitrogens with zero attached hydrogens (tertiary/aromatic N) is 1. The van der Waals surface area contributed by atoms with E-state index in [0.717, 1.165) is 33.8 Å². The summed E-state index contributed by atoms with van der Waals surface area (Å²) in [5.74, 6) is 1.59. The van der Waals surface area contributed by atoms with Crippen LogP contribution in [0.1, 0.15) is 17.2 Å². The van der Waals surface area contributed by atoms with Crippen molar-refractivity contribution in [1.29, 1.82) is 0 Å². The monoisotopic (exact) mass is 341 g/mol. The van der Waals surface area contributed by atoms with Gasteiger partial charge in [-0.1, -0.05) is 24.3 Å². The zero-order chi connectivity index (χ0) is 17.1. The summed E-state index contributed by atoms with van der Waals surface area (Å²) in [7, 11) is 0. The molecule has 1 atom stereocenters. The molecule has 5 heteroatoms. The van der Waals surface area contributed by atoms with E-state index in [1.165, 1.54) is 16.7 Å². The van der Waals surface area contributed by atoms with Crippen LogP contribution in [0.2, 0.25) is 0 Å². The molecule has 5 nitrogen and oxygen atoms in total. The number of hydrogen-bond donors (Lipinski definition) is 2. The second-order valence-electron chi connectivity index (χ2n) is 6.56. The Bertz CT molecular complexity index is 1170. The molecule has 0 radical (unpaired) electrons. The van der Waals surface area contributed by atoms with Crippen molar-refractivity contribution < 1.29 is 9.47 Å².